The van der Waals surface area contributed by atoms with Gasteiger partial charge in [-0.25, -0.2) is 0 Å². The summed E-state index contributed by atoms with van der Waals surface area (Å²) in [6.45, 7) is 0. The minimum absolute atomic E-state index is 0.0290. The molecule has 0 bridgehead atoms. The van der Waals surface area contributed by atoms with Crippen LogP contribution in [-0.4, -0.2) is 11.8 Å². The Balaban J connectivity index is 2.01. The molecule has 0 aliphatic heterocycles. The Kier molecular flexibility index (Phi) is 3.13. The van der Waals surface area contributed by atoms with Crippen molar-refractivity contribution in [1.82, 2.24) is 5.32 Å². The van der Waals surface area contributed by atoms with Crippen LogP contribution in [0.1, 0.15) is 42.9 Å². The molecule has 2 nitrogen and oxygen atoms in total. The molecule has 1 amide bonds. The van der Waals surface area contributed by atoms with Crippen LogP contribution in [0.4, 0.5) is 0 Å². The molecule has 0 saturated heterocycles. The van der Waals surface area contributed by atoms with Crippen LogP contribution in [0.25, 0.3) is 5.57 Å². The summed E-state index contributed by atoms with van der Waals surface area (Å²) in [5.74, 6) is -0.0582. The zero-order chi connectivity index (χ0) is 12.5. The largest absolute Gasteiger partial charge is 0.344 e. The van der Waals surface area contributed by atoms with E-state index in [1.807, 2.05) is 6.07 Å². The number of fused-ring (bicyclic) bond motifs is 2. The quantitative estimate of drug-likeness (QED) is 0.812. The zero-order valence-corrected chi connectivity index (χ0v) is 11.0. The van der Waals surface area contributed by atoms with Gasteiger partial charge in [0.2, 0.25) is 5.91 Å². The molecule has 0 radical (unpaired) electrons. The summed E-state index contributed by atoms with van der Waals surface area (Å²) >= 11 is 5.60. The lowest BCUT2D eigenvalue weighted by Crippen LogP contribution is -2.29. The minimum Gasteiger partial charge on any atom is -0.344 e. The monoisotopic (exact) mass is 261 g/mol. The maximum Gasteiger partial charge on any atom is 0.235 e. The summed E-state index contributed by atoms with van der Waals surface area (Å²) in [4.78, 5) is 11.6. The van der Waals surface area contributed by atoms with E-state index in [0.29, 0.717) is 0 Å². The summed E-state index contributed by atoms with van der Waals surface area (Å²) in [7, 11) is 0. The van der Waals surface area contributed by atoms with E-state index in [-0.39, 0.29) is 17.8 Å². The van der Waals surface area contributed by atoms with E-state index >= 15 is 0 Å². The second-order valence-electron chi connectivity index (χ2n) is 4.93. The molecule has 0 fully saturated rings. The molecule has 0 unspecified atom stereocenters. The molecule has 0 saturated carbocycles. The number of hydrogen-bond acceptors (Lipinski definition) is 1. The van der Waals surface area contributed by atoms with Gasteiger partial charge in [0.15, 0.2) is 0 Å². The lowest BCUT2D eigenvalue weighted by Gasteiger charge is -2.20. The fourth-order valence-corrected chi connectivity index (χ4v) is 3.21. The first-order valence-electron chi connectivity index (χ1n) is 6.48. The predicted octanol–water partition coefficient (Wildman–Crippen LogP) is 3.42. The number of nitrogens with one attached hydrogen (secondary N) is 1. The molecule has 0 heterocycles. The normalized spacial score (nSPS) is 21.5. The highest BCUT2D eigenvalue weighted by Gasteiger charge is 2.32. The Morgan fingerprint density at radius 2 is 2.06 bits per heavy atom. The summed E-state index contributed by atoms with van der Waals surface area (Å²) in [5.41, 5.74) is 5.42. The minimum atomic E-state index is -0.0872. The summed E-state index contributed by atoms with van der Waals surface area (Å²) in [6, 6.07) is 8.46. The number of hydrogen-bond donors (Lipinski definition) is 1. The molecule has 94 valence electrons. The maximum atomic E-state index is 11.6. The van der Waals surface area contributed by atoms with Gasteiger partial charge in [-0.1, -0.05) is 24.3 Å². The molecule has 3 rings (SSSR count). The van der Waals surface area contributed by atoms with E-state index in [1.165, 1.54) is 35.1 Å². The zero-order valence-electron chi connectivity index (χ0n) is 10.2. The molecule has 0 aromatic heterocycles. The molecule has 0 spiro atoms. The Morgan fingerprint density at radius 1 is 1.28 bits per heavy atom. The number of rotatable bonds is 2. The van der Waals surface area contributed by atoms with Crippen molar-refractivity contribution in [1.29, 1.82) is 0 Å². The number of benzene rings is 1. The highest BCUT2D eigenvalue weighted by molar-refractivity contribution is 6.27. The van der Waals surface area contributed by atoms with Crippen molar-refractivity contribution in [3.05, 3.63) is 41.0 Å². The van der Waals surface area contributed by atoms with Crippen molar-refractivity contribution < 1.29 is 4.79 Å². The molecule has 1 aromatic rings. The van der Waals surface area contributed by atoms with Gasteiger partial charge < -0.3 is 5.32 Å². The number of alkyl halides is 1. The van der Waals surface area contributed by atoms with E-state index in [1.54, 1.807) is 0 Å². The van der Waals surface area contributed by atoms with Crippen molar-refractivity contribution in [3.8, 4) is 0 Å². The number of amides is 1. The van der Waals surface area contributed by atoms with Gasteiger partial charge in [0.25, 0.3) is 0 Å². The van der Waals surface area contributed by atoms with Gasteiger partial charge in [0.05, 0.1) is 6.04 Å². The molecule has 1 aromatic carbocycles. The molecular weight excluding hydrogens is 246 g/mol. The van der Waals surface area contributed by atoms with Gasteiger partial charge in [-0.2, -0.15) is 0 Å². The van der Waals surface area contributed by atoms with Crippen LogP contribution in [0.5, 0.6) is 0 Å². The average Bonchev–Trinajstić information content (AvgIpc) is 2.74. The standard InChI is InChI=1S/C15H16ClNO/c16-9-14(18)17-15-12-7-3-1-5-10(12)11-6-2-4-8-13(11)15/h1,3,5,7,15H,2,4,6,8-9H2,(H,17,18)/t15-/m1/s1. The van der Waals surface area contributed by atoms with Crippen LogP contribution in [0, 0.1) is 0 Å². The fourth-order valence-electron chi connectivity index (χ4n) is 3.13. The van der Waals surface area contributed by atoms with Gasteiger partial charge in [-0.05, 0) is 48.0 Å². The Hall–Kier alpha value is -1.28. The van der Waals surface area contributed by atoms with Gasteiger partial charge in [0.1, 0.15) is 5.88 Å². The Labute approximate surface area is 112 Å². The smallest absolute Gasteiger partial charge is 0.235 e. The van der Waals surface area contributed by atoms with Crippen molar-refractivity contribution in [2.45, 2.75) is 31.7 Å². The van der Waals surface area contributed by atoms with E-state index in [9.17, 15) is 4.79 Å². The van der Waals surface area contributed by atoms with E-state index in [4.69, 9.17) is 11.6 Å². The van der Waals surface area contributed by atoms with Gasteiger partial charge in [0, 0.05) is 0 Å². The van der Waals surface area contributed by atoms with E-state index in [2.05, 4.69) is 23.5 Å². The maximum absolute atomic E-state index is 11.6. The summed E-state index contributed by atoms with van der Waals surface area (Å²) < 4.78 is 0. The Bertz CT molecular complexity index is 521. The number of carbonyl (C=O) groups is 1. The van der Waals surface area contributed by atoms with Crippen molar-refractivity contribution in [2.75, 3.05) is 5.88 Å². The van der Waals surface area contributed by atoms with Crippen LogP contribution in [0.3, 0.4) is 0 Å². The SMILES string of the molecule is O=C(CCl)N[C@H]1C2=C(CCCC2)c2ccccc21. The first-order valence-corrected chi connectivity index (χ1v) is 7.01. The van der Waals surface area contributed by atoms with Crippen LogP contribution in [-0.2, 0) is 4.79 Å². The lowest BCUT2D eigenvalue weighted by molar-refractivity contribution is -0.119. The number of allylic oxidation sites excluding steroid dienone is 1. The van der Waals surface area contributed by atoms with Crippen LogP contribution >= 0.6 is 11.6 Å². The van der Waals surface area contributed by atoms with Gasteiger partial charge in [-0.3, -0.25) is 4.79 Å². The lowest BCUT2D eigenvalue weighted by atomic mass is 9.91. The highest BCUT2D eigenvalue weighted by atomic mass is 35.5. The second-order valence-corrected chi connectivity index (χ2v) is 5.20. The van der Waals surface area contributed by atoms with Crippen molar-refractivity contribution >= 4 is 23.1 Å². The highest BCUT2D eigenvalue weighted by Crippen LogP contribution is 2.47. The number of carbonyl (C=O) groups excluding carboxylic acids is 1. The first-order chi connectivity index (χ1) is 8.81. The molecule has 18 heavy (non-hydrogen) atoms. The summed E-state index contributed by atoms with van der Waals surface area (Å²) in [5, 5.41) is 3.06. The molecule has 1 atom stereocenters. The average molecular weight is 262 g/mol. The van der Waals surface area contributed by atoms with Crippen LogP contribution in [0.2, 0.25) is 0 Å². The first kappa shape index (κ1) is 11.8. The third-order valence-corrected chi connectivity index (χ3v) is 4.13. The molecule has 3 heteroatoms. The third-order valence-electron chi connectivity index (χ3n) is 3.88. The van der Waals surface area contributed by atoms with E-state index < -0.39 is 0 Å². The predicted molar refractivity (Wildman–Crippen MR) is 73.4 cm³/mol. The molecule has 2 aliphatic rings. The van der Waals surface area contributed by atoms with Crippen LogP contribution in [0.15, 0.2) is 29.8 Å². The molecular formula is C15H16ClNO. The summed E-state index contributed by atoms with van der Waals surface area (Å²) in [6.07, 6.45) is 4.71. The van der Waals surface area contributed by atoms with Gasteiger partial charge >= 0.3 is 0 Å². The molecule has 2 aliphatic carbocycles. The second kappa shape index (κ2) is 4.77. The van der Waals surface area contributed by atoms with Gasteiger partial charge in [-0.15, -0.1) is 11.6 Å². The Morgan fingerprint density at radius 3 is 2.89 bits per heavy atom. The molecule has 1 N–H and O–H groups in total. The fraction of sp³-hybridized carbons (Fsp3) is 0.400. The van der Waals surface area contributed by atoms with Crippen molar-refractivity contribution in [3.63, 3.8) is 0 Å². The van der Waals surface area contributed by atoms with E-state index in [0.717, 1.165) is 12.8 Å². The topological polar surface area (TPSA) is 29.1 Å². The number of halogens is 1. The van der Waals surface area contributed by atoms with Crippen LogP contribution < -0.4 is 5.32 Å². The third kappa shape index (κ3) is 1.85. The van der Waals surface area contributed by atoms with Crippen molar-refractivity contribution in [2.24, 2.45) is 0 Å².